The van der Waals surface area contributed by atoms with Gasteiger partial charge in [0.2, 0.25) is 0 Å². The number of carbonyl (C=O) groups is 1. The van der Waals surface area contributed by atoms with E-state index in [2.05, 4.69) is 28.1 Å². The van der Waals surface area contributed by atoms with Crippen molar-refractivity contribution in [3.8, 4) is 5.75 Å². The largest absolute Gasteiger partial charge is 0.492 e. The number of nitrogens with one attached hydrogen (secondary N) is 1. The molecule has 0 aliphatic heterocycles. The number of unbranched alkanes of at least 4 members (excludes halogenated alkanes) is 3. The fourth-order valence-electron chi connectivity index (χ4n) is 4.17. The van der Waals surface area contributed by atoms with Crippen molar-refractivity contribution in [1.29, 1.82) is 0 Å². The van der Waals surface area contributed by atoms with Gasteiger partial charge in [-0.3, -0.25) is 4.79 Å². The second-order valence-electron chi connectivity index (χ2n) is 8.73. The standard InChI is InChI=1S/C29H31ClFN3O2/c30-24-10-3-6-13-27(24)36-21-9-8-20-34-26-12-5-4-11-25(26)33-28(34)14-2-1-7-19-32-29(35)22-15-17-23(31)18-16-22/h3-6,10-13,15-18H,1-2,7-9,14,19-21H2,(H,32,35). The van der Waals surface area contributed by atoms with E-state index in [1.165, 1.54) is 24.3 Å². The average molecular weight is 508 g/mol. The van der Waals surface area contributed by atoms with Crippen LogP contribution in [0.15, 0.2) is 72.8 Å². The summed E-state index contributed by atoms with van der Waals surface area (Å²) in [4.78, 5) is 17.0. The van der Waals surface area contributed by atoms with Crippen LogP contribution in [-0.4, -0.2) is 28.6 Å². The topological polar surface area (TPSA) is 56.2 Å². The van der Waals surface area contributed by atoms with E-state index >= 15 is 0 Å². The molecule has 0 atom stereocenters. The number of halogens is 2. The number of ether oxygens (including phenoxy) is 1. The fraction of sp³-hybridized carbons (Fsp3) is 0.310. The minimum atomic E-state index is -0.344. The Morgan fingerprint density at radius 1 is 0.917 bits per heavy atom. The van der Waals surface area contributed by atoms with Crippen molar-refractivity contribution in [1.82, 2.24) is 14.9 Å². The molecule has 188 valence electrons. The van der Waals surface area contributed by atoms with Gasteiger partial charge in [-0.15, -0.1) is 0 Å². The molecule has 0 aliphatic rings. The van der Waals surface area contributed by atoms with E-state index in [1.54, 1.807) is 0 Å². The predicted molar refractivity (Wildman–Crippen MR) is 142 cm³/mol. The Kier molecular flexibility index (Phi) is 9.33. The van der Waals surface area contributed by atoms with E-state index in [0.29, 0.717) is 23.7 Å². The van der Waals surface area contributed by atoms with Crippen molar-refractivity contribution in [2.24, 2.45) is 0 Å². The zero-order valence-electron chi connectivity index (χ0n) is 20.3. The van der Waals surface area contributed by atoms with Crippen molar-refractivity contribution in [2.45, 2.75) is 45.1 Å². The zero-order valence-corrected chi connectivity index (χ0v) is 21.0. The molecule has 5 nitrogen and oxygen atoms in total. The van der Waals surface area contributed by atoms with E-state index in [0.717, 1.165) is 67.7 Å². The molecule has 4 rings (SSSR count). The van der Waals surface area contributed by atoms with Gasteiger partial charge in [0.15, 0.2) is 0 Å². The smallest absolute Gasteiger partial charge is 0.251 e. The molecule has 36 heavy (non-hydrogen) atoms. The number of carbonyl (C=O) groups excluding carboxylic acids is 1. The minimum Gasteiger partial charge on any atom is -0.492 e. The zero-order chi connectivity index (χ0) is 25.2. The first-order valence-electron chi connectivity index (χ1n) is 12.5. The van der Waals surface area contributed by atoms with Gasteiger partial charge in [0.1, 0.15) is 17.4 Å². The third kappa shape index (κ3) is 7.08. The van der Waals surface area contributed by atoms with Gasteiger partial charge in [-0.25, -0.2) is 9.37 Å². The van der Waals surface area contributed by atoms with Crippen LogP contribution in [0.2, 0.25) is 5.02 Å². The van der Waals surface area contributed by atoms with Crippen LogP contribution in [0.25, 0.3) is 11.0 Å². The minimum absolute atomic E-state index is 0.171. The monoisotopic (exact) mass is 507 g/mol. The molecular formula is C29H31ClFN3O2. The lowest BCUT2D eigenvalue weighted by molar-refractivity contribution is 0.0953. The van der Waals surface area contributed by atoms with E-state index in [4.69, 9.17) is 21.3 Å². The molecule has 0 aliphatic carbocycles. The fourth-order valence-corrected chi connectivity index (χ4v) is 4.36. The molecule has 1 heterocycles. The summed E-state index contributed by atoms with van der Waals surface area (Å²) in [6.45, 7) is 2.10. The number of fused-ring (bicyclic) bond motifs is 1. The number of aryl methyl sites for hydroxylation is 2. The molecule has 0 fully saturated rings. The highest BCUT2D eigenvalue weighted by molar-refractivity contribution is 6.32. The summed E-state index contributed by atoms with van der Waals surface area (Å²) in [6.07, 6.45) is 5.64. The molecule has 1 amide bonds. The summed E-state index contributed by atoms with van der Waals surface area (Å²) >= 11 is 6.16. The molecule has 0 radical (unpaired) electrons. The molecule has 0 saturated carbocycles. The van der Waals surface area contributed by atoms with Crippen molar-refractivity contribution in [3.63, 3.8) is 0 Å². The van der Waals surface area contributed by atoms with Crippen molar-refractivity contribution in [3.05, 3.63) is 95.0 Å². The third-order valence-electron chi connectivity index (χ3n) is 6.07. The van der Waals surface area contributed by atoms with Gasteiger partial charge >= 0.3 is 0 Å². The van der Waals surface area contributed by atoms with Crippen LogP contribution in [0, 0.1) is 5.82 Å². The number of amides is 1. The Morgan fingerprint density at radius 2 is 1.69 bits per heavy atom. The molecule has 0 saturated heterocycles. The van der Waals surface area contributed by atoms with E-state index in [9.17, 15) is 9.18 Å². The number of para-hydroxylation sites is 3. The average Bonchev–Trinajstić information content (AvgIpc) is 3.24. The molecule has 4 aromatic rings. The number of benzene rings is 3. The van der Waals surface area contributed by atoms with Crippen LogP contribution in [0.3, 0.4) is 0 Å². The van der Waals surface area contributed by atoms with Crippen molar-refractivity contribution in [2.75, 3.05) is 13.2 Å². The van der Waals surface area contributed by atoms with Crippen molar-refractivity contribution < 1.29 is 13.9 Å². The Hall–Kier alpha value is -3.38. The number of imidazole rings is 1. The molecule has 1 N–H and O–H groups in total. The highest BCUT2D eigenvalue weighted by Gasteiger charge is 2.10. The summed E-state index contributed by atoms with van der Waals surface area (Å²) in [7, 11) is 0. The number of hydrogen-bond acceptors (Lipinski definition) is 3. The Morgan fingerprint density at radius 3 is 2.53 bits per heavy atom. The highest BCUT2D eigenvalue weighted by Crippen LogP contribution is 2.23. The van der Waals surface area contributed by atoms with Gasteiger partial charge in [0, 0.05) is 25.1 Å². The molecule has 0 bridgehead atoms. The van der Waals surface area contributed by atoms with Gasteiger partial charge in [-0.05, 0) is 74.2 Å². The molecular weight excluding hydrogens is 477 g/mol. The van der Waals surface area contributed by atoms with Gasteiger partial charge in [0.25, 0.3) is 5.91 Å². The number of nitrogens with zero attached hydrogens (tertiary/aromatic N) is 2. The van der Waals surface area contributed by atoms with Crippen LogP contribution in [-0.2, 0) is 13.0 Å². The van der Waals surface area contributed by atoms with Gasteiger partial charge in [0.05, 0.1) is 22.7 Å². The molecule has 1 aromatic heterocycles. The molecule has 0 spiro atoms. The Labute approximate surface area is 216 Å². The second-order valence-corrected chi connectivity index (χ2v) is 9.14. The number of aromatic nitrogens is 2. The van der Waals surface area contributed by atoms with E-state index in [1.807, 2.05) is 30.3 Å². The van der Waals surface area contributed by atoms with Crippen LogP contribution in [0.1, 0.15) is 48.3 Å². The van der Waals surface area contributed by atoms with Crippen LogP contribution in [0.4, 0.5) is 4.39 Å². The first-order valence-corrected chi connectivity index (χ1v) is 12.8. The lowest BCUT2D eigenvalue weighted by Crippen LogP contribution is -2.24. The summed E-state index contributed by atoms with van der Waals surface area (Å²) in [5.74, 6) is 1.30. The Balaban J connectivity index is 1.22. The SMILES string of the molecule is O=C(NCCCCCc1nc2ccccc2n1CCCCOc1ccccc1Cl)c1ccc(F)cc1. The van der Waals surface area contributed by atoms with Crippen LogP contribution in [0.5, 0.6) is 5.75 Å². The maximum Gasteiger partial charge on any atom is 0.251 e. The van der Waals surface area contributed by atoms with Crippen molar-refractivity contribution >= 4 is 28.5 Å². The summed E-state index contributed by atoms with van der Waals surface area (Å²) in [6, 6.07) is 21.4. The van der Waals surface area contributed by atoms with Gasteiger partial charge in [-0.1, -0.05) is 42.3 Å². The lowest BCUT2D eigenvalue weighted by Gasteiger charge is -2.11. The predicted octanol–water partition coefficient (Wildman–Crippen LogP) is 6.83. The number of hydrogen-bond donors (Lipinski definition) is 1. The molecule has 0 unspecified atom stereocenters. The van der Waals surface area contributed by atoms with Crippen LogP contribution >= 0.6 is 11.6 Å². The normalized spacial score (nSPS) is 11.1. The summed E-state index contributed by atoms with van der Waals surface area (Å²) < 4.78 is 21.2. The quantitative estimate of drug-likeness (QED) is 0.202. The van der Waals surface area contributed by atoms with Crippen LogP contribution < -0.4 is 10.1 Å². The van der Waals surface area contributed by atoms with Gasteiger partial charge < -0.3 is 14.6 Å². The molecule has 3 aromatic carbocycles. The molecule has 7 heteroatoms. The highest BCUT2D eigenvalue weighted by atomic mass is 35.5. The summed E-state index contributed by atoms with van der Waals surface area (Å²) in [5.41, 5.74) is 2.65. The Bertz CT molecular complexity index is 1270. The number of rotatable bonds is 13. The second kappa shape index (κ2) is 13.1. The summed E-state index contributed by atoms with van der Waals surface area (Å²) in [5, 5.41) is 3.54. The maximum absolute atomic E-state index is 13.0. The van der Waals surface area contributed by atoms with E-state index in [-0.39, 0.29) is 11.7 Å². The third-order valence-corrected chi connectivity index (χ3v) is 6.39. The first-order chi connectivity index (χ1) is 17.6. The maximum atomic E-state index is 13.0. The van der Waals surface area contributed by atoms with Gasteiger partial charge in [-0.2, -0.15) is 0 Å². The first kappa shape index (κ1) is 25.7. The lowest BCUT2D eigenvalue weighted by atomic mass is 10.1. The van der Waals surface area contributed by atoms with E-state index < -0.39 is 0 Å².